The second kappa shape index (κ2) is 5.85. The zero-order valence-electron chi connectivity index (χ0n) is 11.9. The average molecular weight is 294 g/mol. The summed E-state index contributed by atoms with van der Waals surface area (Å²) in [6.45, 7) is 3.78. The Hall–Kier alpha value is -1.88. The van der Waals surface area contributed by atoms with Gasteiger partial charge in [-0.2, -0.15) is 13.2 Å². The van der Waals surface area contributed by atoms with Crippen molar-refractivity contribution in [2.45, 2.75) is 32.5 Å². The van der Waals surface area contributed by atoms with E-state index in [0.29, 0.717) is 6.42 Å². The Kier molecular flexibility index (Phi) is 4.32. The van der Waals surface area contributed by atoms with E-state index in [1.807, 2.05) is 26.0 Å². The number of benzene rings is 1. The number of halogens is 3. The molecule has 1 aromatic heterocycles. The van der Waals surface area contributed by atoms with E-state index >= 15 is 0 Å². The van der Waals surface area contributed by atoms with Crippen LogP contribution in [0.2, 0.25) is 0 Å². The summed E-state index contributed by atoms with van der Waals surface area (Å²) in [5, 5.41) is 0. The van der Waals surface area contributed by atoms with E-state index in [0.717, 1.165) is 34.6 Å². The number of hydrogen-bond donors (Lipinski definition) is 1. The zero-order valence-corrected chi connectivity index (χ0v) is 11.9. The third kappa shape index (κ3) is 3.82. The SMILES string of the molecule is Cc1ccc(C(N)Cc2ccc(C(F)(F)F)cc2)c(C)n1. The number of aromatic nitrogens is 1. The number of nitrogens with two attached hydrogens (primary N) is 1. The van der Waals surface area contributed by atoms with E-state index in [1.165, 1.54) is 12.1 Å². The molecule has 1 unspecified atom stereocenters. The lowest BCUT2D eigenvalue weighted by molar-refractivity contribution is -0.137. The van der Waals surface area contributed by atoms with Crippen LogP contribution in [0.15, 0.2) is 36.4 Å². The van der Waals surface area contributed by atoms with Crippen molar-refractivity contribution >= 4 is 0 Å². The van der Waals surface area contributed by atoms with Crippen LogP contribution in [-0.4, -0.2) is 4.98 Å². The van der Waals surface area contributed by atoms with Crippen LogP contribution in [0.25, 0.3) is 0 Å². The van der Waals surface area contributed by atoms with Gasteiger partial charge < -0.3 is 5.73 Å². The molecule has 0 saturated carbocycles. The smallest absolute Gasteiger partial charge is 0.324 e. The summed E-state index contributed by atoms with van der Waals surface area (Å²) in [7, 11) is 0. The van der Waals surface area contributed by atoms with Crippen molar-refractivity contribution < 1.29 is 13.2 Å². The Morgan fingerprint density at radius 3 is 2.19 bits per heavy atom. The highest BCUT2D eigenvalue weighted by Crippen LogP contribution is 2.29. The average Bonchev–Trinajstić information content (AvgIpc) is 2.38. The van der Waals surface area contributed by atoms with Crippen LogP contribution in [0.4, 0.5) is 13.2 Å². The highest BCUT2D eigenvalue weighted by molar-refractivity contribution is 5.29. The molecule has 21 heavy (non-hydrogen) atoms. The number of pyridine rings is 1. The molecule has 2 rings (SSSR count). The van der Waals surface area contributed by atoms with Crippen molar-refractivity contribution in [3.63, 3.8) is 0 Å². The molecule has 0 aliphatic carbocycles. The van der Waals surface area contributed by atoms with Gasteiger partial charge in [0.05, 0.1) is 5.56 Å². The molecule has 1 atom stereocenters. The van der Waals surface area contributed by atoms with Gasteiger partial charge in [0.15, 0.2) is 0 Å². The molecule has 0 aliphatic heterocycles. The van der Waals surface area contributed by atoms with Gasteiger partial charge in [-0.05, 0) is 49.6 Å². The summed E-state index contributed by atoms with van der Waals surface area (Å²) in [5.41, 5.74) is 8.96. The van der Waals surface area contributed by atoms with Crippen molar-refractivity contribution in [2.24, 2.45) is 5.73 Å². The lowest BCUT2D eigenvalue weighted by Gasteiger charge is -2.15. The minimum atomic E-state index is -4.31. The van der Waals surface area contributed by atoms with Crippen molar-refractivity contribution in [1.82, 2.24) is 4.98 Å². The fourth-order valence-corrected chi connectivity index (χ4v) is 2.28. The van der Waals surface area contributed by atoms with E-state index in [2.05, 4.69) is 4.98 Å². The summed E-state index contributed by atoms with van der Waals surface area (Å²) >= 11 is 0. The first-order valence-electron chi connectivity index (χ1n) is 6.63. The Balaban J connectivity index is 2.14. The first-order valence-corrected chi connectivity index (χ1v) is 6.63. The maximum atomic E-state index is 12.5. The van der Waals surface area contributed by atoms with Crippen molar-refractivity contribution in [2.75, 3.05) is 0 Å². The topological polar surface area (TPSA) is 38.9 Å². The van der Waals surface area contributed by atoms with Crippen LogP contribution in [0.1, 0.15) is 34.1 Å². The van der Waals surface area contributed by atoms with E-state index in [1.54, 1.807) is 0 Å². The molecule has 5 heteroatoms. The van der Waals surface area contributed by atoms with Gasteiger partial charge in [-0.25, -0.2) is 0 Å². The Morgan fingerprint density at radius 1 is 1.05 bits per heavy atom. The summed E-state index contributed by atoms with van der Waals surface area (Å²) in [6, 6.07) is 8.64. The predicted molar refractivity (Wildman–Crippen MR) is 75.8 cm³/mol. The number of rotatable bonds is 3. The molecular weight excluding hydrogens is 277 g/mol. The zero-order chi connectivity index (χ0) is 15.6. The molecule has 0 amide bonds. The first-order chi connectivity index (χ1) is 9.77. The Labute approximate surface area is 121 Å². The molecule has 0 radical (unpaired) electrons. The van der Waals surface area contributed by atoms with Gasteiger partial charge >= 0.3 is 6.18 Å². The normalized spacial score (nSPS) is 13.2. The molecule has 0 aliphatic rings. The van der Waals surface area contributed by atoms with Gasteiger partial charge in [-0.15, -0.1) is 0 Å². The molecule has 2 aromatic rings. The van der Waals surface area contributed by atoms with Crippen molar-refractivity contribution in [1.29, 1.82) is 0 Å². The summed E-state index contributed by atoms with van der Waals surface area (Å²) in [4.78, 5) is 4.35. The maximum absolute atomic E-state index is 12.5. The molecule has 1 heterocycles. The molecule has 0 saturated heterocycles. The van der Waals surface area contributed by atoms with Crippen LogP contribution < -0.4 is 5.73 Å². The Bertz CT molecular complexity index is 618. The lowest BCUT2D eigenvalue weighted by atomic mass is 9.98. The van der Waals surface area contributed by atoms with Crippen molar-refractivity contribution in [3.05, 3.63) is 64.5 Å². The fourth-order valence-electron chi connectivity index (χ4n) is 2.28. The summed E-state index contributed by atoms with van der Waals surface area (Å²) < 4.78 is 37.5. The van der Waals surface area contributed by atoms with E-state index < -0.39 is 11.7 Å². The minimum absolute atomic E-state index is 0.283. The molecule has 0 fully saturated rings. The largest absolute Gasteiger partial charge is 0.416 e. The van der Waals surface area contributed by atoms with E-state index in [4.69, 9.17) is 5.73 Å². The van der Waals surface area contributed by atoms with Crippen molar-refractivity contribution in [3.8, 4) is 0 Å². The molecule has 0 bridgehead atoms. The van der Waals surface area contributed by atoms with Gasteiger partial charge in [0.1, 0.15) is 0 Å². The number of alkyl halides is 3. The number of aryl methyl sites for hydroxylation is 2. The first kappa shape index (κ1) is 15.5. The number of nitrogens with zero attached hydrogens (tertiary/aromatic N) is 1. The molecule has 2 nitrogen and oxygen atoms in total. The lowest BCUT2D eigenvalue weighted by Crippen LogP contribution is -2.15. The van der Waals surface area contributed by atoms with Gasteiger partial charge in [0.2, 0.25) is 0 Å². The Morgan fingerprint density at radius 2 is 1.67 bits per heavy atom. The summed E-state index contributed by atoms with van der Waals surface area (Å²) in [6.07, 6.45) is -3.83. The molecule has 2 N–H and O–H groups in total. The highest BCUT2D eigenvalue weighted by atomic mass is 19.4. The van der Waals surface area contributed by atoms with Crippen LogP contribution in [0.5, 0.6) is 0 Å². The van der Waals surface area contributed by atoms with Crippen LogP contribution in [0, 0.1) is 13.8 Å². The molecular formula is C16H17F3N2. The molecule has 0 spiro atoms. The van der Waals surface area contributed by atoms with Crippen LogP contribution in [-0.2, 0) is 12.6 Å². The quantitative estimate of drug-likeness (QED) is 0.930. The third-order valence-electron chi connectivity index (χ3n) is 3.40. The standard InChI is InChI=1S/C16H17F3N2/c1-10-3-8-14(11(2)21-10)15(20)9-12-4-6-13(7-5-12)16(17,18)19/h3-8,15H,9,20H2,1-2H3. The van der Waals surface area contributed by atoms with Gasteiger partial charge in [0, 0.05) is 17.4 Å². The highest BCUT2D eigenvalue weighted by Gasteiger charge is 2.29. The third-order valence-corrected chi connectivity index (χ3v) is 3.40. The number of hydrogen-bond acceptors (Lipinski definition) is 2. The van der Waals surface area contributed by atoms with Gasteiger partial charge in [-0.3, -0.25) is 4.98 Å². The molecule has 1 aromatic carbocycles. The fraction of sp³-hybridized carbons (Fsp3) is 0.312. The summed E-state index contributed by atoms with van der Waals surface area (Å²) in [5.74, 6) is 0. The maximum Gasteiger partial charge on any atom is 0.416 e. The second-order valence-electron chi connectivity index (χ2n) is 5.13. The van der Waals surface area contributed by atoms with E-state index in [9.17, 15) is 13.2 Å². The van der Waals surface area contributed by atoms with Crippen LogP contribution in [0.3, 0.4) is 0 Å². The molecule has 112 valence electrons. The predicted octanol–water partition coefficient (Wildman–Crippen LogP) is 3.96. The second-order valence-corrected chi connectivity index (χ2v) is 5.13. The van der Waals surface area contributed by atoms with E-state index in [-0.39, 0.29) is 6.04 Å². The monoisotopic (exact) mass is 294 g/mol. The van der Waals surface area contributed by atoms with Gasteiger partial charge in [0.25, 0.3) is 0 Å². The minimum Gasteiger partial charge on any atom is -0.324 e. The van der Waals surface area contributed by atoms with Gasteiger partial charge in [-0.1, -0.05) is 18.2 Å². The van der Waals surface area contributed by atoms with Crippen LogP contribution >= 0.6 is 0 Å².